The minimum absolute atomic E-state index is 0.262. The predicted molar refractivity (Wildman–Crippen MR) is 49.9 cm³/mol. The van der Waals surface area contributed by atoms with E-state index in [4.69, 9.17) is 0 Å². The average molecular weight is 195 g/mol. The van der Waals surface area contributed by atoms with E-state index in [1.807, 2.05) is 6.20 Å². The van der Waals surface area contributed by atoms with E-state index >= 15 is 0 Å². The highest BCUT2D eigenvalue weighted by Crippen LogP contribution is 2.25. The Bertz CT molecular complexity index is 355. The van der Waals surface area contributed by atoms with Crippen LogP contribution >= 0.6 is 0 Å². The van der Waals surface area contributed by atoms with Gasteiger partial charge in [0.25, 0.3) is 0 Å². The molecule has 1 N–H and O–H groups in total. The van der Waals surface area contributed by atoms with Gasteiger partial charge in [-0.25, -0.2) is 4.79 Å². The van der Waals surface area contributed by atoms with Gasteiger partial charge in [0, 0.05) is 24.8 Å². The molecule has 2 heterocycles. The monoisotopic (exact) mass is 195 g/mol. The number of carbonyl (C=O) groups is 1. The van der Waals surface area contributed by atoms with Gasteiger partial charge >= 0.3 is 5.97 Å². The lowest BCUT2D eigenvalue weighted by atomic mass is 9.99. The van der Waals surface area contributed by atoms with Gasteiger partial charge in [0.1, 0.15) is 0 Å². The zero-order valence-corrected chi connectivity index (χ0v) is 8.28. The molecular formula is C9H13N3O2. The summed E-state index contributed by atoms with van der Waals surface area (Å²) >= 11 is 0. The standard InChI is InChI=1S/C9H13N3O2/c1-12-5-6(7-3-4-10-7)8(11-12)9(13)14-2/h5,7,10H,3-4H2,1-2H3. The Morgan fingerprint density at radius 3 is 3.00 bits per heavy atom. The summed E-state index contributed by atoms with van der Waals surface area (Å²) in [5, 5.41) is 7.32. The van der Waals surface area contributed by atoms with Crippen molar-refractivity contribution in [3.63, 3.8) is 0 Å². The molecule has 1 atom stereocenters. The Hall–Kier alpha value is -1.36. The van der Waals surface area contributed by atoms with Crippen LogP contribution in [0.5, 0.6) is 0 Å². The topological polar surface area (TPSA) is 56.1 Å². The van der Waals surface area contributed by atoms with Crippen molar-refractivity contribution in [2.45, 2.75) is 12.5 Å². The maximum atomic E-state index is 11.4. The molecule has 0 bridgehead atoms. The van der Waals surface area contributed by atoms with Crippen molar-refractivity contribution in [3.8, 4) is 0 Å². The third-order valence-electron chi connectivity index (χ3n) is 2.44. The van der Waals surface area contributed by atoms with Gasteiger partial charge < -0.3 is 10.1 Å². The molecular weight excluding hydrogens is 182 g/mol. The van der Waals surface area contributed by atoms with E-state index in [9.17, 15) is 4.79 Å². The Labute approximate surface area is 82.0 Å². The summed E-state index contributed by atoms with van der Waals surface area (Å²) in [6, 6.07) is 0.262. The molecule has 0 aromatic carbocycles. The van der Waals surface area contributed by atoms with Crippen LogP contribution in [0.4, 0.5) is 0 Å². The lowest BCUT2D eigenvalue weighted by Gasteiger charge is -2.27. The number of rotatable bonds is 2. The largest absolute Gasteiger partial charge is 0.464 e. The highest BCUT2D eigenvalue weighted by molar-refractivity contribution is 5.88. The van der Waals surface area contributed by atoms with Crippen molar-refractivity contribution in [2.24, 2.45) is 7.05 Å². The molecule has 1 aliphatic rings. The lowest BCUT2D eigenvalue weighted by Crippen LogP contribution is -2.35. The molecule has 76 valence electrons. The molecule has 1 aromatic rings. The van der Waals surface area contributed by atoms with Crippen LogP contribution in [0.3, 0.4) is 0 Å². The van der Waals surface area contributed by atoms with Gasteiger partial charge in [0.15, 0.2) is 5.69 Å². The van der Waals surface area contributed by atoms with Crippen LogP contribution < -0.4 is 5.32 Å². The zero-order chi connectivity index (χ0) is 10.1. The van der Waals surface area contributed by atoms with E-state index in [0.717, 1.165) is 18.5 Å². The molecule has 2 rings (SSSR count). The van der Waals surface area contributed by atoms with Crippen LogP contribution in [0.2, 0.25) is 0 Å². The van der Waals surface area contributed by atoms with Crippen LogP contribution in [0, 0.1) is 0 Å². The SMILES string of the molecule is COC(=O)c1nn(C)cc1C1CCN1. The van der Waals surface area contributed by atoms with Gasteiger partial charge in [-0.3, -0.25) is 4.68 Å². The van der Waals surface area contributed by atoms with Crippen LogP contribution in [-0.4, -0.2) is 29.4 Å². The fourth-order valence-corrected chi connectivity index (χ4v) is 1.57. The smallest absolute Gasteiger partial charge is 0.358 e. The summed E-state index contributed by atoms with van der Waals surface area (Å²) in [4.78, 5) is 11.4. The van der Waals surface area contributed by atoms with Crippen molar-refractivity contribution in [3.05, 3.63) is 17.5 Å². The molecule has 1 saturated heterocycles. The molecule has 1 aliphatic heterocycles. The van der Waals surface area contributed by atoms with E-state index in [1.165, 1.54) is 7.11 Å². The number of esters is 1. The molecule has 1 unspecified atom stereocenters. The second kappa shape index (κ2) is 3.42. The summed E-state index contributed by atoms with van der Waals surface area (Å²) in [5.74, 6) is -0.366. The van der Waals surface area contributed by atoms with E-state index in [2.05, 4.69) is 15.2 Å². The fraction of sp³-hybridized carbons (Fsp3) is 0.556. The van der Waals surface area contributed by atoms with Gasteiger partial charge in [0.05, 0.1) is 7.11 Å². The fourth-order valence-electron chi connectivity index (χ4n) is 1.57. The minimum Gasteiger partial charge on any atom is -0.464 e. The molecule has 0 amide bonds. The molecule has 5 nitrogen and oxygen atoms in total. The highest BCUT2D eigenvalue weighted by atomic mass is 16.5. The zero-order valence-electron chi connectivity index (χ0n) is 8.28. The van der Waals surface area contributed by atoms with Crippen molar-refractivity contribution in [1.29, 1.82) is 0 Å². The maximum absolute atomic E-state index is 11.4. The van der Waals surface area contributed by atoms with Crippen molar-refractivity contribution >= 4 is 5.97 Å². The molecule has 0 saturated carbocycles. The highest BCUT2D eigenvalue weighted by Gasteiger charge is 2.27. The number of nitrogens with zero attached hydrogens (tertiary/aromatic N) is 2. The molecule has 0 aliphatic carbocycles. The number of ether oxygens (including phenoxy) is 1. The maximum Gasteiger partial charge on any atom is 0.358 e. The lowest BCUT2D eigenvalue weighted by molar-refractivity contribution is 0.0590. The molecule has 0 radical (unpaired) electrons. The first-order valence-electron chi connectivity index (χ1n) is 4.57. The van der Waals surface area contributed by atoms with E-state index in [1.54, 1.807) is 11.7 Å². The predicted octanol–water partition coefficient (Wildman–Crippen LogP) is 0.241. The van der Waals surface area contributed by atoms with Crippen molar-refractivity contribution in [1.82, 2.24) is 15.1 Å². The Morgan fingerprint density at radius 2 is 2.50 bits per heavy atom. The van der Waals surface area contributed by atoms with Crippen molar-refractivity contribution < 1.29 is 9.53 Å². The Kier molecular flexibility index (Phi) is 2.25. The van der Waals surface area contributed by atoms with Crippen LogP contribution in [0.15, 0.2) is 6.20 Å². The molecule has 5 heteroatoms. The molecule has 1 aromatic heterocycles. The number of aromatic nitrogens is 2. The number of aryl methyl sites for hydroxylation is 1. The molecule has 0 spiro atoms. The van der Waals surface area contributed by atoms with E-state index in [-0.39, 0.29) is 12.0 Å². The van der Waals surface area contributed by atoms with Crippen molar-refractivity contribution in [2.75, 3.05) is 13.7 Å². The average Bonchev–Trinajstić information content (AvgIpc) is 2.43. The first-order valence-corrected chi connectivity index (χ1v) is 4.57. The summed E-state index contributed by atoms with van der Waals surface area (Å²) < 4.78 is 6.31. The number of hydrogen-bond acceptors (Lipinski definition) is 4. The van der Waals surface area contributed by atoms with Gasteiger partial charge in [0.2, 0.25) is 0 Å². The third kappa shape index (κ3) is 1.39. The van der Waals surface area contributed by atoms with Gasteiger partial charge in [-0.15, -0.1) is 0 Å². The van der Waals surface area contributed by atoms with Crippen LogP contribution in [0.1, 0.15) is 28.5 Å². The quantitative estimate of drug-likeness (QED) is 0.687. The summed E-state index contributed by atoms with van der Waals surface area (Å²) in [6.45, 7) is 1.00. The normalized spacial score (nSPS) is 20.3. The number of methoxy groups -OCH3 is 1. The number of nitrogens with one attached hydrogen (secondary N) is 1. The minimum atomic E-state index is -0.366. The Morgan fingerprint density at radius 1 is 1.79 bits per heavy atom. The summed E-state index contributed by atoms with van der Waals surface area (Å²) in [7, 11) is 3.17. The number of hydrogen-bond donors (Lipinski definition) is 1. The first-order chi connectivity index (χ1) is 6.72. The van der Waals surface area contributed by atoms with E-state index < -0.39 is 0 Å². The van der Waals surface area contributed by atoms with E-state index in [0.29, 0.717) is 5.69 Å². The number of carbonyl (C=O) groups excluding carboxylic acids is 1. The summed E-state index contributed by atoms with van der Waals surface area (Å²) in [6.07, 6.45) is 2.92. The van der Waals surface area contributed by atoms with Crippen LogP contribution in [-0.2, 0) is 11.8 Å². The second-order valence-corrected chi connectivity index (χ2v) is 3.39. The first kappa shape index (κ1) is 9.21. The summed E-state index contributed by atoms with van der Waals surface area (Å²) in [5.41, 5.74) is 1.36. The van der Waals surface area contributed by atoms with Gasteiger partial charge in [-0.05, 0) is 13.0 Å². The second-order valence-electron chi connectivity index (χ2n) is 3.39. The Balaban J connectivity index is 2.32. The van der Waals surface area contributed by atoms with Gasteiger partial charge in [-0.2, -0.15) is 5.10 Å². The van der Waals surface area contributed by atoms with Gasteiger partial charge in [-0.1, -0.05) is 0 Å². The molecule has 14 heavy (non-hydrogen) atoms. The third-order valence-corrected chi connectivity index (χ3v) is 2.44. The molecule has 1 fully saturated rings. The van der Waals surface area contributed by atoms with Crippen LogP contribution in [0.25, 0.3) is 0 Å².